The lowest BCUT2D eigenvalue weighted by Gasteiger charge is -2.72. The Labute approximate surface area is 67.5 Å². The van der Waals surface area contributed by atoms with E-state index in [-0.39, 0.29) is 19.4 Å². The van der Waals surface area contributed by atoms with E-state index in [1.165, 1.54) is 0 Å². The maximum absolute atomic E-state index is 13.1. The molecule has 5 heteroatoms. The van der Waals surface area contributed by atoms with Gasteiger partial charge in [0.1, 0.15) is 5.41 Å². The fraction of sp³-hybridized carbons (Fsp3) is 0.857. The Bertz CT molecular complexity index is 258. The van der Waals surface area contributed by atoms with Gasteiger partial charge in [-0.3, -0.25) is 4.79 Å². The average Bonchev–Trinajstić information content (AvgIpc) is 1.84. The van der Waals surface area contributed by atoms with Crippen LogP contribution in [0.5, 0.6) is 0 Å². The van der Waals surface area contributed by atoms with Crippen molar-refractivity contribution in [1.29, 1.82) is 0 Å². The van der Waals surface area contributed by atoms with Crippen molar-refractivity contribution >= 4 is 5.97 Å². The van der Waals surface area contributed by atoms with E-state index in [1.807, 2.05) is 0 Å². The van der Waals surface area contributed by atoms with Crippen LogP contribution in [0, 0.1) is 10.8 Å². The SMILES string of the molecule is NCC12CC(C(=O)O)(C1)C2(F)F. The molecule has 3 N–H and O–H groups in total. The van der Waals surface area contributed by atoms with Crippen molar-refractivity contribution in [2.24, 2.45) is 16.6 Å². The van der Waals surface area contributed by atoms with Gasteiger partial charge in [0.25, 0.3) is 5.92 Å². The molecule has 0 saturated heterocycles. The summed E-state index contributed by atoms with van der Waals surface area (Å²) < 4.78 is 26.2. The Balaban J connectivity index is 2.28. The molecule has 3 rings (SSSR count). The molecule has 3 nitrogen and oxygen atoms in total. The van der Waals surface area contributed by atoms with Crippen LogP contribution in [-0.2, 0) is 4.79 Å². The molecule has 3 aliphatic carbocycles. The van der Waals surface area contributed by atoms with Crippen LogP contribution in [0.2, 0.25) is 0 Å². The van der Waals surface area contributed by atoms with Crippen LogP contribution >= 0.6 is 0 Å². The topological polar surface area (TPSA) is 63.3 Å². The number of carboxylic acid groups (broad SMARTS) is 1. The minimum atomic E-state index is -3.08. The van der Waals surface area contributed by atoms with Gasteiger partial charge in [0, 0.05) is 6.54 Å². The maximum Gasteiger partial charge on any atom is 0.315 e. The largest absolute Gasteiger partial charge is 0.481 e. The molecule has 0 unspecified atom stereocenters. The maximum atomic E-state index is 13.1. The number of hydrogen-bond donors (Lipinski definition) is 2. The molecule has 0 atom stereocenters. The fourth-order valence-corrected chi connectivity index (χ4v) is 2.40. The normalized spacial score (nSPS) is 47.6. The van der Waals surface area contributed by atoms with Gasteiger partial charge in [0.2, 0.25) is 0 Å². The van der Waals surface area contributed by atoms with E-state index in [0.29, 0.717) is 0 Å². The molecular formula is C7H9F2NO2. The minimum Gasteiger partial charge on any atom is -0.481 e. The standard InChI is InChI=1S/C7H9F2NO2/c8-7(9)5(3-10)1-6(7,2-5)4(11)12/h1-3,10H2,(H,11,12). The molecule has 2 bridgehead atoms. The van der Waals surface area contributed by atoms with Gasteiger partial charge in [0.15, 0.2) is 0 Å². The van der Waals surface area contributed by atoms with Gasteiger partial charge in [-0.05, 0) is 12.8 Å². The van der Waals surface area contributed by atoms with Crippen LogP contribution in [-0.4, -0.2) is 23.5 Å². The van der Waals surface area contributed by atoms with Crippen LogP contribution in [0.1, 0.15) is 12.8 Å². The van der Waals surface area contributed by atoms with Crippen molar-refractivity contribution in [1.82, 2.24) is 0 Å². The molecular weight excluding hydrogens is 168 g/mol. The Kier molecular flexibility index (Phi) is 1.08. The number of carbonyl (C=O) groups is 1. The predicted molar refractivity (Wildman–Crippen MR) is 35.7 cm³/mol. The van der Waals surface area contributed by atoms with Crippen molar-refractivity contribution in [3.05, 3.63) is 0 Å². The summed E-state index contributed by atoms with van der Waals surface area (Å²) in [6.45, 7) is -0.116. The summed E-state index contributed by atoms with van der Waals surface area (Å²) in [5, 5.41) is 8.56. The molecule has 12 heavy (non-hydrogen) atoms. The lowest BCUT2D eigenvalue weighted by molar-refractivity contribution is -0.392. The van der Waals surface area contributed by atoms with Crippen LogP contribution in [0.15, 0.2) is 0 Å². The highest BCUT2D eigenvalue weighted by atomic mass is 19.3. The zero-order valence-electron chi connectivity index (χ0n) is 6.31. The zero-order chi connectivity index (χ0) is 9.20. The smallest absolute Gasteiger partial charge is 0.315 e. The van der Waals surface area contributed by atoms with Gasteiger partial charge in [-0.1, -0.05) is 0 Å². The van der Waals surface area contributed by atoms with E-state index in [9.17, 15) is 13.6 Å². The van der Waals surface area contributed by atoms with Crippen LogP contribution < -0.4 is 5.73 Å². The van der Waals surface area contributed by atoms with E-state index in [1.54, 1.807) is 0 Å². The van der Waals surface area contributed by atoms with E-state index < -0.39 is 22.7 Å². The second kappa shape index (κ2) is 1.64. The summed E-state index contributed by atoms with van der Waals surface area (Å²) >= 11 is 0. The first-order valence-electron chi connectivity index (χ1n) is 3.73. The molecule has 0 radical (unpaired) electrons. The average molecular weight is 177 g/mol. The quantitative estimate of drug-likeness (QED) is 0.643. The molecule has 0 aromatic heterocycles. The fourth-order valence-electron chi connectivity index (χ4n) is 2.40. The number of nitrogens with two attached hydrogens (primary N) is 1. The molecule has 0 aromatic carbocycles. The monoisotopic (exact) mass is 177 g/mol. The summed E-state index contributed by atoms with van der Waals surface area (Å²) in [4.78, 5) is 10.5. The molecule has 3 aliphatic rings. The van der Waals surface area contributed by atoms with Crippen molar-refractivity contribution in [3.63, 3.8) is 0 Å². The van der Waals surface area contributed by atoms with Crippen molar-refractivity contribution < 1.29 is 18.7 Å². The molecule has 0 amide bonds. The summed E-state index contributed by atoms with van der Waals surface area (Å²) in [6, 6.07) is 0. The summed E-state index contributed by atoms with van der Waals surface area (Å²) in [5.74, 6) is -4.47. The summed E-state index contributed by atoms with van der Waals surface area (Å²) in [6.07, 6.45) is 0.0810. The molecule has 3 fully saturated rings. The van der Waals surface area contributed by atoms with E-state index >= 15 is 0 Å². The van der Waals surface area contributed by atoms with Crippen LogP contribution in [0.4, 0.5) is 8.78 Å². The van der Waals surface area contributed by atoms with Gasteiger partial charge in [0.05, 0.1) is 5.41 Å². The predicted octanol–water partition coefficient (Wildman–Crippen LogP) is 0.445. The van der Waals surface area contributed by atoms with Gasteiger partial charge in [-0.25, -0.2) is 8.78 Å². The van der Waals surface area contributed by atoms with E-state index in [4.69, 9.17) is 10.8 Å². The molecule has 0 aliphatic heterocycles. The Hall–Kier alpha value is -0.710. The highest BCUT2D eigenvalue weighted by Gasteiger charge is 2.90. The lowest BCUT2D eigenvalue weighted by atomic mass is 9.32. The first-order chi connectivity index (χ1) is 5.42. The van der Waals surface area contributed by atoms with E-state index in [2.05, 4.69) is 0 Å². The molecule has 0 aromatic rings. The number of aliphatic carboxylic acids is 1. The summed E-state index contributed by atoms with van der Waals surface area (Å²) in [5.41, 5.74) is 2.21. The second-order valence-corrected chi connectivity index (χ2v) is 3.80. The molecule has 3 saturated carbocycles. The number of carboxylic acids is 1. The highest BCUT2D eigenvalue weighted by molar-refractivity contribution is 5.82. The first-order valence-corrected chi connectivity index (χ1v) is 3.73. The van der Waals surface area contributed by atoms with E-state index in [0.717, 1.165) is 0 Å². The number of rotatable bonds is 2. The van der Waals surface area contributed by atoms with Crippen molar-refractivity contribution in [2.45, 2.75) is 18.8 Å². The first kappa shape index (κ1) is 7.91. The van der Waals surface area contributed by atoms with Crippen molar-refractivity contribution in [2.75, 3.05) is 6.54 Å². The Morgan fingerprint density at radius 2 is 2.00 bits per heavy atom. The Morgan fingerprint density at radius 1 is 1.50 bits per heavy atom. The van der Waals surface area contributed by atoms with Gasteiger partial charge < -0.3 is 10.8 Å². The molecule has 0 spiro atoms. The lowest BCUT2D eigenvalue weighted by Crippen LogP contribution is -2.83. The van der Waals surface area contributed by atoms with Gasteiger partial charge >= 0.3 is 5.97 Å². The number of halogens is 2. The summed E-state index contributed by atoms with van der Waals surface area (Å²) in [7, 11) is 0. The highest BCUT2D eigenvalue weighted by Crippen LogP contribution is 2.81. The zero-order valence-corrected chi connectivity index (χ0v) is 6.31. The minimum absolute atomic E-state index is 0.0405. The number of alkyl halides is 2. The van der Waals surface area contributed by atoms with Gasteiger partial charge in [-0.15, -0.1) is 0 Å². The third-order valence-electron chi connectivity index (χ3n) is 3.35. The van der Waals surface area contributed by atoms with Gasteiger partial charge in [-0.2, -0.15) is 0 Å². The third-order valence-corrected chi connectivity index (χ3v) is 3.35. The van der Waals surface area contributed by atoms with Crippen molar-refractivity contribution in [3.8, 4) is 0 Å². The van der Waals surface area contributed by atoms with Crippen LogP contribution in [0.25, 0.3) is 0 Å². The molecule has 0 heterocycles. The second-order valence-electron chi connectivity index (χ2n) is 3.80. The molecule has 68 valence electrons. The third kappa shape index (κ3) is 0.435. The number of hydrogen-bond acceptors (Lipinski definition) is 2. The Morgan fingerprint density at radius 3 is 2.25 bits per heavy atom. The van der Waals surface area contributed by atoms with Crippen LogP contribution in [0.3, 0.4) is 0 Å².